The summed E-state index contributed by atoms with van der Waals surface area (Å²) in [4.78, 5) is 11.9. The van der Waals surface area contributed by atoms with Crippen LogP contribution < -0.4 is 0 Å². The third-order valence-electron chi connectivity index (χ3n) is 13.8. The van der Waals surface area contributed by atoms with E-state index < -0.39 is 0 Å². The van der Waals surface area contributed by atoms with Gasteiger partial charge in [0.25, 0.3) is 0 Å². The van der Waals surface area contributed by atoms with Crippen molar-refractivity contribution in [1.82, 2.24) is 0 Å². The van der Waals surface area contributed by atoms with Crippen molar-refractivity contribution < 1.29 is 9.53 Å². The molecule has 0 heterocycles. The number of allylic oxidation sites excluding steroid dienone is 2. The Balaban J connectivity index is 1.55. The summed E-state index contributed by atoms with van der Waals surface area (Å²) < 4.78 is 5.89. The van der Waals surface area contributed by atoms with E-state index in [2.05, 4.69) is 55.4 Å². The lowest BCUT2D eigenvalue weighted by Gasteiger charge is -2.71. The van der Waals surface area contributed by atoms with Crippen molar-refractivity contribution in [2.24, 2.45) is 44.3 Å². The largest absolute Gasteiger partial charge is 0.462 e. The summed E-state index contributed by atoms with van der Waals surface area (Å²) in [6.07, 6.45) is 14.5. The molecule has 0 saturated heterocycles. The lowest BCUT2D eigenvalue weighted by molar-refractivity contribution is -0.182. The second-order valence-electron chi connectivity index (χ2n) is 15.4. The molecule has 3 fully saturated rings. The summed E-state index contributed by atoms with van der Waals surface area (Å²) in [7, 11) is 0. The van der Waals surface area contributed by atoms with E-state index in [0.717, 1.165) is 12.3 Å². The highest BCUT2D eigenvalue weighted by atomic mass is 16.5. The van der Waals surface area contributed by atoms with Gasteiger partial charge in [-0.05, 0) is 103 Å². The van der Waals surface area contributed by atoms with E-state index in [1.54, 1.807) is 6.92 Å². The monoisotopic (exact) mass is 468 g/mol. The maximum Gasteiger partial charge on any atom is 0.302 e. The van der Waals surface area contributed by atoms with Crippen LogP contribution in [0.3, 0.4) is 0 Å². The summed E-state index contributed by atoms with van der Waals surface area (Å²) in [5, 5.41) is 0. The first kappa shape index (κ1) is 24.9. The zero-order valence-electron chi connectivity index (χ0n) is 23.8. The molecule has 3 saturated carbocycles. The second-order valence-corrected chi connectivity index (χ2v) is 15.4. The van der Waals surface area contributed by atoms with E-state index >= 15 is 0 Å². The van der Waals surface area contributed by atoms with Gasteiger partial charge in [-0.3, -0.25) is 4.79 Å². The van der Waals surface area contributed by atoms with Gasteiger partial charge >= 0.3 is 5.97 Å². The van der Waals surface area contributed by atoms with Crippen molar-refractivity contribution >= 4 is 5.97 Å². The van der Waals surface area contributed by atoms with Gasteiger partial charge in [0.1, 0.15) is 6.10 Å². The number of carbonyl (C=O) groups excluding carboxylic acids is 1. The highest BCUT2D eigenvalue weighted by Crippen LogP contribution is 2.76. The number of rotatable bonds is 1. The smallest absolute Gasteiger partial charge is 0.302 e. The molecule has 0 amide bonds. The van der Waals surface area contributed by atoms with Crippen molar-refractivity contribution in [3.05, 3.63) is 11.1 Å². The molecule has 0 aromatic rings. The molecule has 2 heteroatoms. The van der Waals surface area contributed by atoms with Crippen LogP contribution >= 0.6 is 0 Å². The highest BCUT2D eigenvalue weighted by Gasteiger charge is 2.67. The maximum absolute atomic E-state index is 11.9. The van der Waals surface area contributed by atoms with Gasteiger partial charge in [0, 0.05) is 12.3 Å². The van der Waals surface area contributed by atoms with Gasteiger partial charge in [0.05, 0.1) is 0 Å². The minimum Gasteiger partial charge on any atom is -0.462 e. The predicted octanol–water partition coefficient (Wildman–Crippen LogP) is 8.88. The molecule has 2 nitrogen and oxygen atoms in total. The van der Waals surface area contributed by atoms with Crippen molar-refractivity contribution in [3.8, 4) is 0 Å². The van der Waals surface area contributed by atoms with Crippen LogP contribution in [0.15, 0.2) is 11.1 Å². The first-order valence-electron chi connectivity index (χ1n) is 14.5. The SMILES string of the molecule is CC(=O)O[C@H]1CC[C@]2(C)C3=C(CC[C@H]2C1(C)C)[C@@]1(C)CC[C@@]2(C)[C@@H](CCCC2(C)C)[C@]1(C)CC3. The molecular weight excluding hydrogens is 416 g/mol. The zero-order chi connectivity index (χ0) is 24.9. The topological polar surface area (TPSA) is 26.3 Å². The standard InChI is InChI=1S/C32H52O2/c1-21(33)34-26-15-17-29(6)22-14-18-32(9)25-11-10-16-27(2,3)31(25,8)20-19-30(32,7)23(22)12-13-24(29)28(26,4)5/h24-26H,10-20H2,1-9H3/t24-,25+,26-,29+,30+,31-,32-/m0/s1. The van der Waals surface area contributed by atoms with E-state index in [9.17, 15) is 4.79 Å². The Morgan fingerprint density at radius 2 is 1.44 bits per heavy atom. The third-order valence-corrected chi connectivity index (χ3v) is 13.8. The lowest BCUT2D eigenvalue weighted by atomic mass is 9.34. The van der Waals surface area contributed by atoms with E-state index in [-0.39, 0.29) is 22.9 Å². The fourth-order valence-corrected chi connectivity index (χ4v) is 11.2. The fraction of sp³-hybridized carbons (Fsp3) is 0.906. The minimum absolute atomic E-state index is 0.0391. The first-order valence-corrected chi connectivity index (χ1v) is 14.5. The van der Waals surface area contributed by atoms with Crippen LogP contribution in [-0.4, -0.2) is 12.1 Å². The average Bonchev–Trinajstić information content (AvgIpc) is 2.73. The van der Waals surface area contributed by atoms with Gasteiger partial charge in [-0.25, -0.2) is 0 Å². The van der Waals surface area contributed by atoms with Crippen LogP contribution in [-0.2, 0) is 9.53 Å². The van der Waals surface area contributed by atoms with Gasteiger partial charge in [-0.15, -0.1) is 0 Å². The molecule has 192 valence electrons. The molecule has 34 heavy (non-hydrogen) atoms. The molecule has 5 rings (SSSR count). The van der Waals surface area contributed by atoms with E-state index in [4.69, 9.17) is 4.74 Å². The van der Waals surface area contributed by atoms with E-state index in [0.29, 0.717) is 27.6 Å². The van der Waals surface area contributed by atoms with Crippen molar-refractivity contribution in [1.29, 1.82) is 0 Å². The van der Waals surface area contributed by atoms with Crippen LogP contribution in [0.4, 0.5) is 0 Å². The van der Waals surface area contributed by atoms with Gasteiger partial charge in [0.15, 0.2) is 0 Å². The Morgan fingerprint density at radius 1 is 0.735 bits per heavy atom. The van der Waals surface area contributed by atoms with Crippen molar-refractivity contribution in [3.63, 3.8) is 0 Å². The Bertz CT molecular complexity index is 910. The molecule has 0 aliphatic heterocycles. The number of ether oxygens (including phenoxy) is 1. The van der Waals surface area contributed by atoms with E-state index in [1.807, 2.05) is 11.1 Å². The summed E-state index contributed by atoms with van der Waals surface area (Å²) in [5.74, 6) is 1.34. The molecule has 0 bridgehead atoms. The normalized spacial score (nSPS) is 49.3. The summed E-state index contributed by atoms with van der Waals surface area (Å²) in [6.45, 7) is 22.2. The quantitative estimate of drug-likeness (QED) is 0.284. The number of fused-ring (bicyclic) bond motifs is 6. The van der Waals surface area contributed by atoms with Crippen molar-refractivity contribution in [2.75, 3.05) is 0 Å². The first-order chi connectivity index (χ1) is 15.6. The van der Waals surface area contributed by atoms with Crippen LogP contribution in [0.2, 0.25) is 0 Å². The maximum atomic E-state index is 11.9. The van der Waals surface area contributed by atoms with Gasteiger partial charge in [0.2, 0.25) is 0 Å². The van der Waals surface area contributed by atoms with E-state index in [1.165, 1.54) is 64.2 Å². The molecule has 0 aromatic heterocycles. The lowest BCUT2D eigenvalue weighted by Crippen LogP contribution is -2.62. The molecule has 7 atom stereocenters. The highest BCUT2D eigenvalue weighted by molar-refractivity contribution is 5.66. The molecular formula is C32H52O2. The number of hydrogen-bond donors (Lipinski definition) is 0. The Kier molecular flexibility index (Phi) is 5.40. The fourth-order valence-electron chi connectivity index (χ4n) is 11.2. The summed E-state index contributed by atoms with van der Waals surface area (Å²) >= 11 is 0. The predicted molar refractivity (Wildman–Crippen MR) is 140 cm³/mol. The Morgan fingerprint density at radius 3 is 2.12 bits per heavy atom. The molecule has 5 aliphatic carbocycles. The zero-order valence-corrected chi connectivity index (χ0v) is 23.8. The van der Waals surface area contributed by atoms with Gasteiger partial charge in [-0.2, -0.15) is 0 Å². The third kappa shape index (κ3) is 2.95. The molecule has 5 aliphatic rings. The number of carbonyl (C=O) groups is 1. The molecule has 0 radical (unpaired) electrons. The van der Waals surface area contributed by atoms with Crippen LogP contribution in [0.25, 0.3) is 0 Å². The molecule has 0 unspecified atom stereocenters. The van der Waals surface area contributed by atoms with Gasteiger partial charge in [-0.1, -0.05) is 73.0 Å². The van der Waals surface area contributed by atoms with Crippen LogP contribution in [0, 0.1) is 44.3 Å². The van der Waals surface area contributed by atoms with Crippen LogP contribution in [0.5, 0.6) is 0 Å². The Labute approximate surface area is 210 Å². The summed E-state index contributed by atoms with van der Waals surface area (Å²) in [6, 6.07) is 0. The number of esters is 1. The number of hydrogen-bond acceptors (Lipinski definition) is 2. The van der Waals surface area contributed by atoms with Crippen molar-refractivity contribution in [2.45, 2.75) is 139 Å². The summed E-state index contributed by atoms with van der Waals surface area (Å²) in [5.41, 5.74) is 5.74. The van der Waals surface area contributed by atoms with Gasteiger partial charge < -0.3 is 4.74 Å². The molecule has 0 aromatic carbocycles. The van der Waals surface area contributed by atoms with Crippen LogP contribution in [0.1, 0.15) is 133 Å². The molecule has 0 N–H and O–H groups in total. The average molecular weight is 469 g/mol. The minimum atomic E-state index is -0.112. The second kappa shape index (κ2) is 7.38. The molecule has 0 spiro atoms. The Hall–Kier alpha value is -0.790.